The summed E-state index contributed by atoms with van der Waals surface area (Å²) in [6.45, 7) is 6.27. The van der Waals surface area contributed by atoms with Crippen LogP contribution >= 0.6 is 0 Å². The van der Waals surface area contributed by atoms with Crippen LogP contribution in [0.3, 0.4) is 0 Å². The normalized spacial score (nSPS) is 19.2. The van der Waals surface area contributed by atoms with Crippen molar-refractivity contribution in [2.24, 2.45) is 11.8 Å². The third-order valence-corrected chi connectivity index (χ3v) is 3.61. The summed E-state index contributed by atoms with van der Waals surface area (Å²) in [4.78, 5) is 24.9. The number of aliphatic carboxylic acids is 1. The van der Waals surface area contributed by atoms with E-state index in [1.54, 1.807) is 13.8 Å². The summed E-state index contributed by atoms with van der Waals surface area (Å²) >= 11 is 0. The van der Waals surface area contributed by atoms with Gasteiger partial charge in [0, 0.05) is 6.54 Å². The van der Waals surface area contributed by atoms with Crippen LogP contribution in [0.25, 0.3) is 0 Å². The monoisotopic (exact) mass is 271 g/mol. The molecule has 1 heterocycles. The highest BCUT2D eigenvalue weighted by molar-refractivity contribution is 5.82. The lowest BCUT2D eigenvalue weighted by molar-refractivity contribution is -0.140. The molecule has 6 nitrogen and oxygen atoms in total. The molecule has 1 atom stereocenters. The third-order valence-electron chi connectivity index (χ3n) is 3.61. The van der Waals surface area contributed by atoms with Gasteiger partial charge in [0.1, 0.15) is 6.04 Å². The Bertz CT molecular complexity index is 312. The van der Waals surface area contributed by atoms with Crippen LogP contribution in [0.1, 0.15) is 26.7 Å². The van der Waals surface area contributed by atoms with E-state index in [4.69, 9.17) is 5.11 Å². The molecule has 0 aromatic rings. The van der Waals surface area contributed by atoms with Gasteiger partial charge in [-0.3, -0.25) is 0 Å². The van der Waals surface area contributed by atoms with Crippen molar-refractivity contribution in [3.63, 3.8) is 0 Å². The molecule has 1 aliphatic rings. The summed E-state index contributed by atoms with van der Waals surface area (Å²) in [5, 5.41) is 14.3. The van der Waals surface area contributed by atoms with Gasteiger partial charge in [-0.15, -0.1) is 0 Å². The highest BCUT2D eigenvalue weighted by Crippen LogP contribution is 2.14. The number of hydrogen-bond donors (Lipinski definition) is 3. The molecule has 19 heavy (non-hydrogen) atoms. The number of likely N-dealkylation sites (tertiary alicyclic amines) is 1. The molecular weight excluding hydrogens is 246 g/mol. The second-order valence-electron chi connectivity index (χ2n) is 5.66. The van der Waals surface area contributed by atoms with E-state index < -0.39 is 12.0 Å². The molecule has 0 aliphatic carbocycles. The number of carbonyl (C=O) groups excluding carboxylic acids is 1. The minimum atomic E-state index is -0.996. The average molecular weight is 271 g/mol. The first kappa shape index (κ1) is 15.8. The molecule has 0 aromatic heterocycles. The number of rotatable bonds is 5. The van der Waals surface area contributed by atoms with Crippen molar-refractivity contribution >= 4 is 12.0 Å². The van der Waals surface area contributed by atoms with Crippen LogP contribution in [-0.2, 0) is 4.79 Å². The molecule has 1 rings (SSSR count). The van der Waals surface area contributed by atoms with E-state index >= 15 is 0 Å². The molecule has 0 spiro atoms. The third kappa shape index (κ3) is 5.46. The van der Waals surface area contributed by atoms with Crippen molar-refractivity contribution in [2.45, 2.75) is 32.7 Å². The Morgan fingerprint density at radius 1 is 1.32 bits per heavy atom. The number of urea groups is 1. The van der Waals surface area contributed by atoms with E-state index in [2.05, 4.69) is 22.6 Å². The van der Waals surface area contributed by atoms with Gasteiger partial charge in [-0.2, -0.15) is 0 Å². The van der Waals surface area contributed by atoms with Gasteiger partial charge in [0.25, 0.3) is 0 Å². The largest absolute Gasteiger partial charge is 0.480 e. The minimum Gasteiger partial charge on any atom is -0.480 e. The fourth-order valence-electron chi connectivity index (χ4n) is 2.21. The highest BCUT2D eigenvalue weighted by Gasteiger charge is 2.24. The summed E-state index contributed by atoms with van der Waals surface area (Å²) in [5.74, 6) is -0.639. The fourth-order valence-corrected chi connectivity index (χ4v) is 2.21. The molecule has 0 bridgehead atoms. The Morgan fingerprint density at radius 2 is 1.89 bits per heavy atom. The van der Waals surface area contributed by atoms with E-state index in [9.17, 15) is 9.59 Å². The van der Waals surface area contributed by atoms with Gasteiger partial charge >= 0.3 is 12.0 Å². The lowest BCUT2D eigenvalue weighted by atomic mass is 9.97. The van der Waals surface area contributed by atoms with Gasteiger partial charge in [-0.1, -0.05) is 13.8 Å². The quantitative estimate of drug-likeness (QED) is 0.689. The SMILES string of the molecule is CC(C)[C@H](NC(=O)NCC1CCN(C)CC1)C(=O)O. The maximum Gasteiger partial charge on any atom is 0.326 e. The molecule has 2 amide bonds. The number of carboxylic acid groups (broad SMARTS) is 1. The van der Waals surface area contributed by atoms with Crippen LogP contribution < -0.4 is 10.6 Å². The molecule has 0 aromatic carbocycles. The van der Waals surface area contributed by atoms with Gasteiger partial charge in [-0.25, -0.2) is 9.59 Å². The van der Waals surface area contributed by atoms with Crippen LogP contribution in [-0.4, -0.2) is 54.7 Å². The van der Waals surface area contributed by atoms with Crippen LogP contribution in [0.15, 0.2) is 0 Å². The first-order chi connectivity index (χ1) is 8.90. The Hall–Kier alpha value is -1.30. The molecule has 0 saturated carbocycles. The van der Waals surface area contributed by atoms with Gasteiger partial charge in [-0.05, 0) is 44.8 Å². The van der Waals surface area contributed by atoms with Crippen molar-refractivity contribution in [3.8, 4) is 0 Å². The molecule has 3 N–H and O–H groups in total. The van der Waals surface area contributed by atoms with Crippen LogP contribution in [0.2, 0.25) is 0 Å². The molecule has 1 saturated heterocycles. The fraction of sp³-hybridized carbons (Fsp3) is 0.846. The zero-order chi connectivity index (χ0) is 14.4. The molecule has 1 aliphatic heterocycles. The standard InChI is InChI=1S/C13H25N3O3/c1-9(2)11(12(17)18)15-13(19)14-8-10-4-6-16(3)7-5-10/h9-11H,4-8H2,1-3H3,(H,17,18)(H2,14,15,19)/t11-/m0/s1. The van der Waals surface area contributed by atoms with E-state index in [-0.39, 0.29) is 11.9 Å². The molecule has 110 valence electrons. The van der Waals surface area contributed by atoms with Crippen molar-refractivity contribution < 1.29 is 14.7 Å². The lowest BCUT2D eigenvalue weighted by Gasteiger charge is -2.29. The van der Waals surface area contributed by atoms with E-state index in [0.29, 0.717) is 12.5 Å². The Labute approximate surface area is 114 Å². The summed E-state index contributed by atoms with van der Waals surface area (Å²) in [6.07, 6.45) is 2.15. The number of hydrogen-bond acceptors (Lipinski definition) is 3. The minimum absolute atomic E-state index is 0.133. The van der Waals surface area contributed by atoms with E-state index in [1.165, 1.54) is 0 Å². The summed E-state index contributed by atoms with van der Waals surface area (Å²) in [7, 11) is 2.09. The van der Waals surface area contributed by atoms with Crippen molar-refractivity contribution in [3.05, 3.63) is 0 Å². The number of piperidine rings is 1. The lowest BCUT2D eigenvalue weighted by Crippen LogP contribution is -2.49. The molecule has 1 fully saturated rings. The van der Waals surface area contributed by atoms with Crippen molar-refractivity contribution in [1.29, 1.82) is 0 Å². The second-order valence-corrected chi connectivity index (χ2v) is 5.66. The zero-order valence-electron chi connectivity index (χ0n) is 12.0. The number of carboxylic acids is 1. The Kier molecular flexibility index (Phi) is 6.08. The predicted molar refractivity (Wildman–Crippen MR) is 73.0 cm³/mol. The van der Waals surface area contributed by atoms with Crippen LogP contribution in [0.5, 0.6) is 0 Å². The molecule has 0 unspecified atom stereocenters. The summed E-state index contributed by atoms with van der Waals surface area (Å²) < 4.78 is 0. The predicted octanol–water partition coefficient (Wildman–Crippen LogP) is 0.737. The van der Waals surface area contributed by atoms with Gasteiger partial charge in [0.05, 0.1) is 0 Å². The number of amides is 2. The highest BCUT2D eigenvalue weighted by atomic mass is 16.4. The number of nitrogens with one attached hydrogen (secondary N) is 2. The summed E-state index contributed by atoms with van der Waals surface area (Å²) in [6, 6.07) is -1.22. The van der Waals surface area contributed by atoms with Crippen LogP contribution in [0, 0.1) is 11.8 Å². The van der Waals surface area contributed by atoms with Crippen molar-refractivity contribution in [2.75, 3.05) is 26.7 Å². The van der Waals surface area contributed by atoms with E-state index in [0.717, 1.165) is 25.9 Å². The maximum absolute atomic E-state index is 11.7. The number of nitrogens with zero attached hydrogens (tertiary/aromatic N) is 1. The smallest absolute Gasteiger partial charge is 0.326 e. The van der Waals surface area contributed by atoms with Gasteiger partial charge in [0.15, 0.2) is 0 Å². The van der Waals surface area contributed by atoms with E-state index in [1.807, 2.05) is 0 Å². The number of carbonyl (C=O) groups is 2. The zero-order valence-corrected chi connectivity index (χ0v) is 12.0. The topological polar surface area (TPSA) is 81.7 Å². The van der Waals surface area contributed by atoms with Gasteiger partial charge in [0.2, 0.25) is 0 Å². The van der Waals surface area contributed by atoms with Gasteiger partial charge < -0.3 is 20.6 Å². The first-order valence-electron chi connectivity index (χ1n) is 6.86. The molecule has 0 radical (unpaired) electrons. The first-order valence-corrected chi connectivity index (χ1v) is 6.86. The van der Waals surface area contributed by atoms with Crippen LogP contribution in [0.4, 0.5) is 4.79 Å². The molecular formula is C13H25N3O3. The summed E-state index contributed by atoms with van der Waals surface area (Å²) in [5.41, 5.74) is 0. The molecule has 6 heteroatoms. The average Bonchev–Trinajstić information content (AvgIpc) is 2.34. The second kappa shape index (κ2) is 7.33. The van der Waals surface area contributed by atoms with Crippen molar-refractivity contribution in [1.82, 2.24) is 15.5 Å². The Morgan fingerprint density at radius 3 is 2.37 bits per heavy atom. The maximum atomic E-state index is 11.7. The Balaban J connectivity index is 2.29.